The fourth-order valence-corrected chi connectivity index (χ4v) is 2.75. The molecule has 0 bridgehead atoms. The topological polar surface area (TPSA) is 29.5 Å². The van der Waals surface area contributed by atoms with E-state index in [9.17, 15) is 4.79 Å². The largest absolute Gasteiger partial charge is 0.481 e. The first kappa shape index (κ1) is 15.5. The number of nitrogens with zero attached hydrogens (tertiary/aromatic N) is 1. The summed E-state index contributed by atoms with van der Waals surface area (Å²) in [6.45, 7) is 5.20. The molecule has 3 atom stereocenters. The Morgan fingerprint density at radius 2 is 2.25 bits per heavy atom. The summed E-state index contributed by atoms with van der Waals surface area (Å²) in [6, 6.07) is 7.06. The van der Waals surface area contributed by atoms with Crippen molar-refractivity contribution in [2.45, 2.75) is 31.7 Å². The van der Waals surface area contributed by atoms with Gasteiger partial charge >= 0.3 is 0 Å². The molecule has 0 radical (unpaired) electrons. The van der Waals surface area contributed by atoms with E-state index in [1.807, 2.05) is 0 Å². The molecule has 5 heteroatoms. The van der Waals surface area contributed by atoms with Crippen LogP contribution in [0.1, 0.15) is 20.3 Å². The molecule has 20 heavy (non-hydrogen) atoms. The summed E-state index contributed by atoms with van der Waals surface area (Å²) in [7, 11) is 0. The Morgan fingerprint density at radius 1 is 1.50 bits per heavy atom. The van der Waals surface area contributed by atoms with E-state index >= 15 is 0 Å². The zero-order valence-corrected chi connectivity index (χ0v) is 13.2. The number of likely N-dealkylation sites (tertiary alicyclic amines) is 1. The number of rotatable bonds is 3. The Kier molecular flexibility index (Phi) is 5.17. The van der Waals surface area contributed by atoms with Gasteiger partial charge in [-0.25, -0.2) is 0 Å². The minimum Gasteiger partial charge on any atom is -0.481 e. The number of alkyl halides is 1. The third kappa shape index (κ3) is 3.80. The van der Waals surface area contributed by atoms with Crippen LogP contribution in [0, 0.1) is 5.92 Å². The lowest BCUT2D eigenvalue weighted by Crippen LogP contribution is -2.48. The van der Waals surface area contributed by atoms with E-state index in [0.717, 1.165) is 13.0 Å². The minimum atomic E-state index is -0.536. The van der Waals surface area contributed by atoms with E-state index in [2.05, 4.69) is 6.92 Å². The van der Waals surface area contributed by atoms with Gasteiger partial charge in [0.1, 0.15) is 5.75 Å². The van der Waals surface area contributed by atoms with E-state index in [1.165, 1.54) is 0 Å². The minimum absolute atomic E-state index is 0.0195. The third-order valence-corrected chi connectivity index (χ3v) is 4.44. The van der Waals surface area contributed by atoms with Crippen LogP contribution in [0.3, 0.4) is 0 Å². The SMILES string of the molecule is CC(Oc1cccc(Cl)c1)C(=O)N1CCC(C)C(Cl)C1. The maximum Gasteiger partial charge on any atom is 0.263 e. The monoisotopic (exact) mass is 315 g/mol. The van der Waals surface area contributed by atoms with Gasteiger partial charge in [-0.05, 0) is 37.5 Å². The van der Waals surface area contributed by atoms with Gasteiger partial charge in [-0.15, -0.1) is 11.6 Å². The van der Waals surface area contributed by atoms with Crippen molar-refractivity contribution in [2.75, 3.05) is 13.1 Å². The van der Waals surface area contributed by atoms with E-state index in [0.29, 0.717) is 23.2 Å². The van der Waals surface area contributed by atoms with Crippen LogP contribution in [0.5, 0.6) is 5.75 Å². The fraction of sp³-hybridized carbons (Fsp3) is 0.533. The molecule has 1 amide bonds. The lowest BCUT2D eigenvalue weighted by Gasteiger charge is -2.35. The number of carbonyl (C=O) groups is 1. The molecule has 0 N–H and O–H groups in total. The molecular formula is C15H19Cl2NO2. The molecule has 1 aliphatic heterocycles. The van der Waals surface area contributed by atoms with Gasteiger partial charge in [0.2, 0.25) is 0 Å². The number of amides is 1. The number of ether oxygens (including phenoxy) is 1. The van der Waals surface area contributed by atoms with Crippen LogP contribution in [0.25, 0.3) is 0 Å². The Hall–Kier alpha value is -0.930. The van der Waals surface area contributed by atoms with Crippen LogP contribution >= 0.6 is 23.2 Å². The first-order valence-corrected chi connectivity index (χ1v) is 7.64. The third-order valence-electron chi connectivity index (χ3n) is 3.63. The number of halogens is 2. The second-order valence-electron chi connectivity index (χ2n) is 5.28. The normalized spacial score (nSPS) is 24.3. The molecule has 3 unspecified atom stereocenters. The van der Waals surface area contributed by atoms with E-state index < -0.39 is 6.10 Å². The van der Waals surface area contributed by atoms with Crippen molar-refractivity contribution in [1.29, 1.82) is 0 Å². The van der Waals surface area contributed by atoms with Crippen molar-refractivity contribution in [3.8, 4) is 5.75 Å². The van der Waals surface area contributed by atoms with Gasteiger partial charge in [0.15, 0.2) is 6.10 Å². The highest BCUT2D eigenvalue weighted by molar-refractivity contribution is 6.30. The molecule has 1 aromatic rings. The average molecular weight is 316 g/mol. The van der Waals surface area contributed by atoms with Gasteiger partial charge in [-0.3, -0.25) is 4.79 Å². The molecule has 110 valence electrons. The van der Waals surface area contributed by atoms with E-state index in [-0.39, 0.29) is 11.3 Å². The molecule has 1 aliphatic rings. The maximum absolute atomic E-state index is 12.3. The van der Waals surface area contributed by atoms with Gasteiger partial charge < -0.3 is 9.64 Å². The van der Waals surface area contributed by atoms with E-state index in [1.54, 1.807) is 36.1 Å². The van der Waals surface area contributed by atoms with Crippen LogP contribution in [0.15, 0.2) is 24.3 Å². The quantitative estimate of drug-likeness (QED) is 0.798. The summed E-state index contributed by atoms with van der Waals surface area (Å²) >= 11 is 12.1. The van der Waals surface area contributed by atoms with Crippen molar-refractivity contribution >= 4 is 29.1 Å². The molecule has 1 heterocycles. The smallest absolute Gasteiger partial charge is 0.263 e. The van der Waals surface area contributed by atoms with Crippen molar-refractivity contribution < 1.29 is 9.53 Å². The highest BCUT2D eigenvalue weighted by Gasteiger charge is 2.30. The molecule has 1 fully saturated rings. The summed E-state index contributed by atoms with van der Waals surface area (Å²) in [5.41, 5.74) is 0. The predicted molar refractivity (Wildman–Crippen MR) is 81.5 cm³/mol. The highest BCUT2D eigenvalue weighted by atomic mass is 35.5. The zero-order valence-electron chi connectivity index (χ0n) is 11.7. The highest BCUT2D eigenvalue weighted by Crippen LogP contribution is 2.23. The number of hydrogen-bond acceptors (Lipinski definition) is 2. The van der Waals surface area contributed by atoms with Gasteiger partial charge in [-0.1, -0.05) is 24.6 Å². The molecular weight excluding hydrogens is 297 g/mol. The molecule has 1 aromatic carbocycles. The van der Waals surface area contributed by atoms with E-state index in [4.69, 9.17) is 27.9 Å². The summed E-state index contributed by atoms with van der Waals surface area (Å²) in [4.78, 5) is 14.1. The second kappa shape index (κ2) is 6.68. The number of hydrogen-bond donors (Lipinski definition) is 0. The summed E-state index contributed by atoms with van der Waals surface area (Å²) in [6.07, 6.45) is 0.398. The Labute approximate surface area is 129 Å². The average Bonchev–Trinajstić information content (AvgIpc) is 2.41. The number of benzene rings is 1. The van der Waals surface area contributed by atoms with Crippen LogP contribution in [-0.4, -0.2) is 35.4 Å². The lowest BCUT2D eigenvalue weighted by molar-refractivity contribution is -0.139. The molecule has 0 spiro atoms. The van der Waals surface area contributed by atoms with Gasteiger partial charge in [0.25, 0.3) is 5.91 Å². The van der Waals surface area contributed by atoms with Gasteiger partial charge in [0.05, 0.1) is 5.38 Å². The van der Waals surface area contributed by atoms with Crippen molar-refractivity contribution in [2.24, 2.45) is 5.92 Å². The molecule has 0 aromatic heterocycles. The molecule has 2 rings (SSSR count). The van der Waals surface area contributed by atoms with Crippen LogP contribution in [0.2, 0.25) is 5.02 Å². The molecule has 0 saturated carbocycles. The standard InChI is InChI=1S/C15H19Cl2NO2/c1-10-6-7-18(9-14(10)17)15(19)11(2)20-13-5-3-4-12(16)8-13/h3-5,8,10-11,14H,6-7,9H2,1-2H3. The predicted octanol–water partition coefficient (Wildman–Crippen LogP) is 3.58. The maximum atomic E-state index is 12.3. The first-order valence-electron chi connectivity index (χ1n) is 6.82. The van der Waals surface area contributed by atoms with Crippen LogP contribution in [0.4, 0.5) is 0 Å². The van der Waals surface area contributed by atoms with Crippen molar-refractivity contribution in [3.63, 3.8) is 0 Å². The number of carbonyl (C=O) groups excluding carboxylic acids is 1. The Morgan fingerprint density at radius 3 is 2.90 bits per heavy atom. The lowest BCUT2D eigenvalue weighted by atomic mass is 9.98. The Bertz CT molecular complexity index is 481. The molecule has 1 saturated heterocycles. The molecule has 3 nitrogen and oxygen atoms in total. The Balaban J connectivity index is 1.95. The van der Waals surface area contributed by atoms with Gasteiger partial charge in [-0.2, -0.15) is 0 Å². The number of piperidine rings is 1. The van der Waals surface area contributed by atoms with Crippen molar-refractivity contribution in [3.05, 3.63) is 29.3 Å². The van der Waals surface area contributed by atoms with Crippen molar-refractivity contribution in [1.82, 2.24) is 4.90 Å². The summed E-state index contributed by atoms with van der Waals surface area (Å²) in [5.74, 6) is 1.03. The van der Waals surface area contributed by atoms with Crippen LogP contribution < -0.4 is 4.74 Å². The summed E-state index contributed by atoms with van der Waals surface area (Å²) < 4.78 is 5.65. The van der Waals surface area contributed by atoms with Gasteiger partial charge in [0, 0.05) is 18.1 Å². The summed E-state index contributed by atoms with van der Waals surface area (Å²) in [5, 5.41) is 0.612. The second-order valence-corrected chi connectivity index (χ2v) is 6.28. The first-order chi connectivity index (χ1) is 9.47. The molecule has 0 aliphatic carbocycles. The fourth-order valence-electron chi connectivity index (χ4n) is 2.27. The zero-order chi connectivity index (χ0) is 14.7. The van der Waals surface area contributed by atoms with Crippen LogP contribution in [-0.2, 0) is 4.79 Å².